The van der Waals surface area contributed by atoms with Gasteiger partial charge in [0.25, 0.3) is 0 Å². The van der Waals surface area contributed by atoms with Gasteiger partial charge in [-0.25, -0.2) is 0 Å². The lowest BCUT2D eigenvalue weighted by Crippen LogP contribution is -2.29. The summed E-state index contributed by atoms with van der Waals surface area (Å²) in [6.45, 7) is 3.85. The Labute approximate surface area is 68.8 Å². The fourth-order valence-corrected chi connectivity index (χ4v) is 1.36. The van der Waals surface area contributed by atoms with Crippen LogP contribution in [0.15, 0.2) is 0 Å². The summed E-state index contributed by atoms with van der Waals surface area (Å²) in [4.78, 5) is 2.40. The van der Waals surface area contributed by atoms with Gasteiger partial charge in [-0.15, -0.1) is 0 Å². The fraction of sp³-hybridized carbons (Fsp3) is 0.778. The molecule has 0 aliphatic carbocycles. The van der Waals surface area contributed by atoms with Gasteiger partial charge in [0.15, 0.2) is 0 Å². The van der Waals surface area contributed by atoms with Crippen molar-refractivity contribution in [2.45, 2.75) is 19.3 Å². The molecule has 1 saturated heterocycles. The summed E-state index contributed by atoms with van der Waals surface area (Å²) in [6, 6.07) is 0. The van der Waals surface area contributed by atoms with E-state index in [1.54, 1.807) is 0 Å². The van der Waals surface area contributed by atoms with Gasteiger partial charge >= 0.3 is 0 Å². The molecule has 0 saturated carbocycles. The van der Waals surface area contributed by atoms with Crippen LogP contribution >= 0.6 is 0 Å². The Morgan fingerprint density at radius 3 is 2.45 bits per heavy atom. The Bertz CT molecular complexity index is 149. The molecule has 1 aliphatic heterocycles. The first-order valence-corrected chi connectivity index (χ1v) is 4.31. The van der Waals surface area contributed by atoms with Gasteiger partial charge in [0.1, 0.15) is 0 Å². The topological polar surface area (TPSA) is 29.3 Å². The maximum Gasteiger partial charge on any atom is 0.0602 e. The molecule has 0 unspecified atom stereocenters. The molecule has 11 heavy (non-hydrogen) atoms. The number of hydrogen-bond acceptors (Lipinski definition) is 2. The van der Waals surface area contributed by atoms with Crippen molar-refractivity contribution in [2.75, 3.05) is 26.2 Å². The fourth-order valence-electron chi connectivity index (χ4n) is 1.36. The number of piperidine rings is 1. The van der Waals surface area contributed by atoms with E-state index in [1.165, 1.54) is 32.4 Å². The van der Waals surface area contributed by atoms with Crippen LogP contribution in [0.5, 0.6) is 0 Å². The molecule has 2 N–H and O–H groups in total. The molecule has 0 amide bonds. The summed E-state index contributed by atoms with van der Waals surface area (Å²) in [5.74, 6) is 5.94. The molecule has 0 atom stereocenters. The zero-order valence-corrected chi connectivity index (χ0v) is 6.97. The monoisotopic (exact) mass is 152 g/mol. The number of hydrogen-bond donors (Lipinski definition) is 1. The number of nitrogens with two attached hydrogens (primary N) is 1. The summed E-state index contributed by atoms with van der Waals surface area (Å²) >= 11 is 0. The SMILES string of the molecule is NCC#CCN1CCCCC1. The Kier molecular flexibility index (Phi) is 4.03. The first kappa shape index (κ1) is 8.58. The van der Waals surface area contributed by atoms with Crippen LogP contribution in [0.25, 0.3) is 0 Å². The van der Waals surface area contributed by atoms with E-state index in [0.29, 0.717) is 6.54 Å². The molecule has 0 aromatic rings. The van der Waals surface area contributed by atoms with Gasteiger partial charge in [-0.1, -0.05) is 18.3 Å². The zero-order chi connectivity index (χ0) is 7.94. The first-order valence-electron chi connectivity index (χ1n) is 4.31. The van der Waals surface area contributed by atoms with Crippen LogP contribution in [0.3, 0.4) is 0 Å². The van der Waals surface area contributed by atoms with Crippen LogP contribution in [0.2, 0.25) is 0 Å². The lowest BCUT2D eigenvalue weighted by atomic mass is 10.1. The average molecular weight is 152 g/mol. The minimum Gasteiger partial charge on any atom is -0.320 e. The predicted octanol–water partition coefficient (Wildman–Crippen LogP) is 0.434. The third-order valence-electron chi connectivity index (χ3n) is 1.98. The third kappa shape index (κ3) is 3.41. The van der Waals surface area contributed by atoms with Crippen molar-refractivity contribution in [1.82, 2.24) is 4.90 Å². The van der Waals surface area contributed by atoms with Crippen molar-refractivity contribution in [1.29, 1.82) is 0 Å². The van der Waals surface area contributed by atoms with Gasteiger partial charge in [0.2, 0.25) is 0 Å². The number of likely N-dealkylation sites (tertiary alicyclic amines) is 1. The summed E-state index contributed by atoms with van der Waals surface area (Å²) in [5.41, 5.74) is 5.25. The molecular formula is C9H16N2. The molecule has 0 aromatic heterocycles. The summed E-state index contributed by atoms with van der Waals surface area (Å²) in [6.07, 6.45) is 4.06. The van der Waals surface area contributed by atoms with Crippen LogP contribution in [0.1, 0.15) is 19.3 Å². The zero-order valence-electron chi connectivity index (χ0n) is 6.97. The van der Waals surface area contributed by atoms with Crippen molar-refractivity contribution < 1.29 is 0 Å². The van der Waals surface area contributed by atoms with E-state index >= 15 is 0 Å². The molecule has 1 aliphatic rings. The van der Waals surface area contributed by atoms with Gasteiger partial charge in [0.05, 0.1) is 13.1 Å². The molecule has 1 heterocycles. The Morgan fingerprint density at radius 2 is 1.82 bits per heavy atom. The Morgan fingerprint density at radius 1 is 1.09 bits per heavy atom. The molecule has 0 bridgehead atoms. The molecular weight excluding hydrogens is 136 g/mol. The largest absolute Gasteiger partial charge is 0.320 e. The van der Waals surface area contributed by atoms with Gasteiger partial charge in [0, 0.05) is 0 Å². The van der Waals surface area contributed by atoms with E-state index < -0.39 is 0 Å². The van der Waals surface area contributed by atoms with Gasteiger partial charge in [-0.05, 0) is 25.9 Å². The van der Waals surface area contributed by atoms with Crippen molar-refractivity contribution in [3.05, 3.63) is 0 Å². The van der Waals surface area contributed by atoms with Crippen LogP contribution in [-0.2, 0) is 0 Å². The van der Waals surface area contributed by atoms with Crippen LogP contribution in [-0.4, -0.2) is 31.1 Å². The second-order valence-electron chi connectivity index (χ2n) is 2.89. The molecule has 0 spiro atoms. The highest BCUT2D eigenvalue weighted by Gasteiger charge is 2.06. The molecule has 62 valence electrons. The van der Waals surface area contributed by atoms with E-state index in [9.17, 15) is 0 Å². The van der Waals surface area contributed by atoms with E-state index in [2.05, 4.69) is 16.7 Å². The van der Waals surface area contributed by atoms with Crippen LogP contribution in [0.4, 0.5) is 0 Å². The molecule has 2 heteroatoms. The highest BCUT2D eigenvalue weighted by Crippen LogP contribution is 2.06. The van der Waals surface area contributed by atoms with Crippen LogP contribution in [0, 0.1) is 11.8 Å². The standard InChI is InChI=1S/C9H16N2/c10-6-2-5-9-11-7-3-1-4-8-11/h1,3-4,6-10H2. The minimum atomic E-state index is 0.494. The van der Waals surface area contributed by atoms with Gasteiger partial charge in [-0.2, -0.15) is 0 Å². The molecule has 1 rings (SSSR count). The molecule has 0 radical (unpaired) electrons. The lowest BCUT2D eigenvalue weighted by Gasteiger charge is -2.23. The minimum absolute atomic E-state index is 0.494. The normalized spacial score (nSPS) is 19.0. The Balaban J connectivity index is 2.14. The summed E-state index contributed by atoms with van der Waals surface area (Å²) in [5, 5.41) is 0. The maximum absolute atomic E-state index is 5.25. The van der Waals surface area contributed by atoms with Crippen molar-refractivity contribution in [3.8, 4) is 11.8 Å². The second kappa shape index (κ2) is 5.17. The first-order chi connectivity index (χ1) is 5.43. The van der Waals surface area contributed by atoms with E-state index in [0.717, 1.165) is 6.54 Å². The summed E-state index contributed by atoms with van der Waals surface area (Å²) < 4.78 is 0. The molecule has 1 fully saturated rings. The predicted molar refractivity (Wildman–Crippen MR) is 47.1 cm³/mol. The maximum atomic E-state index is 5.25. The van der Waals surface area contributed by atoms with Crippen molar-refractivity contribution in [2.24, 2.45) is 5.73 Å². The van der Waals surface area contributed by atoms with E-state index in [1.807, 2.05) is 0 Å². The quantitative estimate of drug-likeness (QED) is 0.552. The van der Waals surface area contributed by atoms with Gasteiger partial charge < -0.3 is 5.73 Å². The highest BCUT2D eigenvalue weighted by atomic mass is 15.1. The van der Waals surface area contributed by atoms with E-state index in [-0.39, 0.29) is 0 Å². The lowest BCUT2D eigenvalue weighted by molar-refractivity contribution is 0.255. The van der Waals surface area contributed by atoms with Crippen molar-refractivity contribution >= 4 is 0 Å². The highest BCUT2D eigenvalue weighted by molar-refractivity contribution is 5.02. The van der Waals surface area contributed by atoms with E-state index in [4.69, 9.17) is 5.73 Å². The smallest absolute Gasteiger partial charge is 0.0602 e. The second-order valence-corrected chi connectivity index (χ2v) is 2.89. The number of rotatable bonds is 1. The van der Waals surface area contributed by atoms with Gasteiger partial charge in [-0.3, -0.25) is 4.90 Å². The average Bonchev–Trinajstić information content (AvgIpc) is 2.07. The molecule has 0 aromatic carbocycles. The molecule has 2 nitrogen and oxygen atoms in total. The van der Waals surface area contributed by atoms with Crippen LogP contribution < -0.4 is 5.73 Å². The third-order valence-corrected chi connectivity index (χ3v) is 1.98. The van der Waals surface area contributed by atoms with Crippen molar-refractivity contribution in [3.63, 3.8) is 0 Å². The summed E-state index contributed by atoms with van der Waals surface area (Å²) in [7, 11) is 0. The Hall–Kier alpha value is -0.520. The number of nitrogens with zero attached hydrogens (tertiary/aromatic N) is 1.